The highest BCUT2D eigenvalue weighted by atomic mass is 31.2. The molecule has 6 aromatic rings. The van der Waals surface area contributed by atoms with Gasteiger partial charge in [0.2, 0.25) is 5.95 Å². The lowest BCUT2D eigenvalue weighted by Crippen LogP contribution is -2.52. The number of carbonyl (C=O) groups is 1. The number of nitrogens with one attached hydrogen (secondary N) is 2. The molecule has 3 heterocycles. The van der Waals surface area contributed by atoms with E-state index in [4.69, 9.17) is 28.0 Å². The molecule has 2 unspecified atom stereocenters. The van der Waals surface area contributed by atoms with Crippen LogP contribution in [0.4, 0.5) is 5.95 Å². The first-order valence-corrected chi connectivity index (χ1v) is 23.8. The predicted octanol–water partition coefficient (Wildman–Crippen LogP) is 8.62. The molecule has 7 rings (SSSR count). The van der Waals surface area contributed by atoms with Crippen LogP contribution in [-0.2, 0) is 24.0 Å². The van der Waals surface area contributed by atoms with E-state index < -0.39 is 49.9 Å². The second kappa shape index (κ2) is 22.3. The molecule has 1 amide bonds. The van der Waals surface area contributed by atoms with Crippen molar-refractivity contribution in [1.82, 2.24) is 24.2 Å². The van der Waals surface area contributed by atoms with Crippen LogP contribution in [0.3, 0.4) is 0 Å². The summed E-state index contributed by atoms with van der Waals surface area (Å²) < 4.78 is 41.3. The Labute approximate surface area is 398 Å². The Hall–Kier alpha value is -6.18. The number of imidazole rings is 1. The van der Waals surface area contributed by atoms with Crippen LogP contribution in [0.1, 0.15) is 88.8 Å². The summed E-state index contributed by atoms with van der Waals surface area (Å²) >= 11 is 0. The van der Waals surface area contributed by atoms with E-state index in [-0.39, 0.29) is 55.3 Å². The molecule has 2 aromatic heterocycles. The summed E-state index contributed by atoms with van der Waals surface area (Å²) in [6, 6.07) is 34.5. The molecule has 1 aliphatic heterocycles. The van der Waals surface area contributed by atoms with Gasteiger partial charge in [0.1, 0.15) is 35.7 Å². The van der Waals surface area contributed by atoms with Crippen molar-refractivity contribution in [3.63, 3.8) is 0 Å². The van der Waals surface area contributed by atoms with Gasteiger partial charge in [-0.1, -0.05) is 80.6 Å². The summed E-state index contributed by atoms with van der Waals surface area (Å²) in [6.07, 6.45) is -2.46. The Morgan fingerprint density at radius 2 is 1.50 bits per heavy atom. The summed E-state index contributed by atoms with van der Waals surface area (Å²) in [5, 5.41) is 25.8. The molecule has 16 nitrogen and oxygen atoms in total. The molecule has 0 aliphatic carbocycles. The first-order valence-electron chi connectivity index (χ1n) is 22.7. The van der Waals surface area contributed by atoms with Crippen LogP contribution in [0, 0.1) is 11.3 Å². The van der Waals surface area contributed by atoms with E-state index >= 15 is 0 Å². The molecule has 358 valence electrons. The van der Waals surface area contributed by atoms with Crippen molar-refractivity contribution in [2.75, 3.05) is 32.8 Å². The minimum absolute atomic E-state index is 0.0116. The van der Waals surface area contributed by atoms with Gasteiger partial charge in [-0.2, -0.15) is 10.2 Å². The number of hydrogen-bond donors (Lipinski definition) is 3. The number of nitrogens with zero attached hydrogens (tertiary/aromatic N) is 5. The van der Waals surface area contributed by atoms with Crippen LogP contribution >= 0.6 is 8.53 Å². The molecular formula is C51H60N7O9P. The fraction of sp³-hybridized carbons (Fsp3) is 0.392. The second-order valence-electron chi connectivity index (χ2n) is 17.4. The fourth-order valence-corrected chi connectivity index (χ4v) is 10.5. The van der Waals surface area contributed by atoms with E-state index in [0.717, 1.165) is 22.3 Å². The minimum atomic E-state index is -1.84. The van der Waals surface area contributed by atoms with E-state index in [1.54, 1.807) is 30.9 Å². The molecule has 4 aromatic carbocycles. The van der Waals surface area contributed by atoms with Gasteiger partial charge in [0.05, 0.1) is 51.2 Å². The number of nitriles is 1. The minimum Gasteiger partial charge on any atom is -0.497 e. The van der Waals surface area contributed by atoms with Crippen LogP contribution in [0.25, 0.3) is 11.2 Å². The first kappa shape index (κ1) is 49.7. The quantitative estimate of drug-likeness (QED) is 0.0353. The number of carbonyl (C=O) groups excluding carboxylic acids is 1. The number of benzene rings is 4. The van der Waals surface area contributed by atoms with Gasteiger partial charge in [-0.3, -0.25) is 24.5 Å². The van der Waals surface area contributed by atoms with Gasteiger partial charge in [-0.25, -0.2) is 9.65 Å². The number of aliphatic hydroxyl groups is 1. The van der Waals surface area contributed by atoms with E-state index in [1.165, 1.54) is 6.33 Å². The zero-order chi connectivity index (χ0) is 48.5. The number of hydrogen-bond acceptors (Lipinski definition) is 13. The Balaban J connectivity index is 1.32. The molecule has 0 bridgehead atoms. The molecule has 0 radical (unpaired) electrons. The number of H-pyrrole nitrogens is 1. The SMILES string of the molecule is COc1ccc(C(c2ccccc2)(c2ccc(OC)cc2)C(O)[C@H]2O[C@@H](n3cnc4c(=O)[nH]c(NC(=O)COc5ccc(C(C)C)cc5)nc43)C[C@@H]2OP(OCCC#N)N(C(C)C)C(C)C)cc1. The average Bonchev–Trinajstić information content (AvgIpc) is 3.96. The van der Waals surface area contributed by atoms with Crippen molar-refractivity contribution in [2.45, 2.75) is 102 Å². The molecule has 5 atom stereocenters. The summed E-state index contributed by atoms with van der Waals surface area (Å²) in [5.41, 5.74) is 1.64. The number of aromatic nitrogens is 4. The maximum atomic E-state index is 13.6. The van der Waals surface area contributed by atoms with Gasteiger partial charge in [-0.05, 0) is 92.3 Å². The van der Waals surface area contributed by atoms with Crippen molar-refractivity contribution in [3.8, 4) is 23.3 Å². The summed E-state index contributed by atoms with van der Waals surface area (Å²) in [7, 11) is 1.36. The predicted molar refractivity (Wildman–Crippen MR) is 260 cm³/mol. The van der Waals surface area contributed by atoms with Crippen LogP contribution < -0.4 is 25.1 Å². The van der Waals surface area contributed by atoms with Gasteiger partial charge in [0.25, 0.3) is 20.0 Å². The van der Waals surface area contributed by atoms with Crippen LogP contribution in [0.5, 0.6) is 17.2 Å². The standard InChI is InChI=1S/C51H60N7O9P/c1-32(2)35-15-21-41(22-16-35)64-30-43(59)54-50-55-48-45(49(61)56-50)53-31-57(48)44-29-42(67-68(65-28-12-27-52)58(33(3)4)34(5)6)46(66-44)47(60)51(36-13-10-9-11-14-36,37-17-23-39(62-7)24-18-37)38-19-25-40(63-8)26-20-38/h9-11,13-26,31-34,42,44,46-47,60H,12,28-30H2,1-8H3,(H2,54,55,56,59,61)/t42-,44+,46-,47?,68?/m0/s1. The van der Waals surface area contributed by atoms with E-state index in [2.05, 4.69) is 44.9 Å². The fourth-order valence-electron chi connectivity index (χ4n) is 8.76. The number of anilines is 1. The molecule has 1 fully saturated rings. The highest BCUT2D eigenvalue weighted by molar-refractivity contribution is 7.44. The maximum Gasteiger partial charge on any atom is 0.280 e. The number of methoxy groups -OCH3 is 2. The third-order valence-corrected chi connectivity index (χ3v) is 14.1. The molecule has 1 saturated heterocycles. The van der Waals surface area contributed by atoms with E-state index in [0.29, 0.717) is 23.2 Å². The number of amides is 1. The summed E-state index contributed by atoms with van der Waals surface area (Å²) in [5.74, 6) is 1.47. The third kappa shape index (κ3) is 10.7. The second-order valence-corrected chi connectivity index (χ2v) is 18.8. The number of ether oxygens (including phenoxy) is 4. The number of aromatic amines is 1. The van der Waals surface area contributed by atoms with Crippen molar-refractivity contribution >= 4 is 31.5 Å². The van der Waals surface area contributed by atoms with Gasteiger partial charge in [-0.15, -0.1) is 0 Å². The van der Waals surface area contributed by atoms with Crippen molar-refractivity contribution < 1.29 is 37.9 Å². The van der Waals surface area contributed by atoms with Gasteiger partial charge in [0.15, 0.2) is 17.8 Å². The molecule has 0 spiro atoms. The van der Waals surface area contributed by atoms with Gasteiger partial charge >= 0.3 is 0 Å². The first-order chi connectivity index (χ1) is 32.8. The normalized spacial score (nSPS) is 17.1. The average molecular weight is 946 g/mol. The summed E-state index contributed by atoms with van der Waals surface area (Å²) in [6.45, 7) is 12.2. The zero-order valence-electron chi connectivity index (χ0n) is 39.7. The molecule has 3 N–H and O–H groups in total. The molecular weight excluding hydrogens is 886 g/mol. The Morgan fingerprint density at radius 1 is 0.912 bits per heavy atom. The number of rotatable bonds is 21. The van der Waals surface area contributed by atoms with Gasteiger partial charge < -0.3 is 33.1 Å². The topological polar surface area (TPSA) is 195 Å². The Bertz CT molecular complexity index is 2630. The Kier molecular flexibility index (Phi) is 16.3. The number of aliphatic hydroxyl groups excluding tert-OH is 1. The Morgan fingerprint density at radius 3 is 2.06 bits per heavy atom. The highest BCUT2D eigenvalue weighted by Gasteiger charge is 2.54. The van der Waals surface area contributed by atoms with E-state index in [9.17, 15) is 20.0 Å². The lowest BCUT2D eigenvalue weighted by atomic mass is 9.64. The van der Waals surface area contributed by atoms with Crippen LogP contribution in [0.2, 0.25) is 0 Å². The van der Waals surface area contributed by atoms with Gasteiger partial charge in [0, 0.05) is 18.5 Å². The molecule has 1 aliphatic rings. The maximum absolute atomic E-state index is 13.6. The van der Waals surface area contributed by atoms with Crippen molar-refractivity contribution in [1.29, 1.82) is 5.26 Å². The zero-order valence-corrected chi connectivity index (χ0v) is 40.6. The molecule has 68 heavy (non-hydrogen) atoms. The largest absolute Gasteiger partial charge is 0.497 e. The number of fused-ring (bicyclic) bond motifs is 1. The monoisotopic (exact) mass is 945 g/mol. The van der Waals surface area contributed by atoms with Crippen LogP contribution in [0.15, 0.2) is 114 Å². The van der Waals surface area contributed by atoms with Crippen LogP contribution in [-0.4, -0.2) is 93.0 Å². The highest BCUT2D eigenvalue weighted by Crippen LogP contribution is 2.53. The van der Waals surface area contributed by atoms with Crippen molar-refractivity contribution in [2.24, 2.45) is 0 Å². The molecule has 17 heteroatoms. The summed E-state index contributed by atoms with van der Waals surface area (Å²) in [4.78, 5) is 38.5. The lowest BCUT2D eigenvalue weighted by molar-refractivity contribution is -0.118. The third-order valence-electron chi connectivity index (χ3n) is 12.0. The smallest absolute Gasteiger partial charge is 0.280 e. The molecule has 0 saturated carbocycles. The van der Waals surface area contributed by atoms with Crippen molar-refractivity contribution in [3.05, 3.63) is 142 Å². The van der Waals surface area contributed by atoms with E-state index in [1.807, 2.05) is 119 Å². The lowest BCUT2D eigenvalue weighted by Gasteiger charge is -2.44.